The molecule has 0 fully saturated rings. The van der Waals surface area contributed by atoms with E-state index in [0.29, 0.717) is 0 Å². The lowest BCUT2D eigenvalue weighted by Gasteiger charge is -2.20. The number of ketones is 1. The van der Waals surface area contributed by atoms with E-state index in [-0.39, 0.29) is 12.1 Å². The Kier molecular flexibility index (Phi) is 7.90. The molecule has 0 bridgehead atoms. The minimum atomic E-state index is -3.51. The van der Waals surface area contributed by atoms with E-state index >= 15 is 0 Å². The number of halogens is 8. The highest BCUT2D eigenvalue weighted by Crippen LogP contribution is 2.29. The van der Waals surface area contributed by atoms with Gasteiger partial charge in [-0.15, -0.1) is 0 Å². The zero-order chi connectivity index (χ0) is 25.2. The van der Waals surface area contributed by atoms with Gasteiger partial charge in [0.15, 0.2) is 23.2 Å². The van der Waals surface area contributed by atoms with Crippen molar-refractivity contribution in [2.45, 2.75) is 25.8 Å². The van der Waals surface area contributed by atoms with E-state index in [1.54, 1.807) is 0 Å². The molecule has 0 amide bonds. The molecule has 5 nitrogen and oxygen atoms in total. The summed E-state index contributed by atoms with van der Waals surface area (Å²) in [5.41, 5.74) is -4.71. The molecule has 1 heterocycles. The van der Waals surface area contributed by atoms with Crippen LogP contribution in [0.1, 0.15) is 39.9 Å². The number of nitrogens with zero attached hydrogens (tertiary/aromatic N) is 1. The van der Waals surface area contributed by atoms with Crippen LogP contribution in [-0.4, -0.2) is 35.9 Å². The van der Waals surface area contributed by atoms with E-state index in [0.717, 1.165) is 14.0 Å². The molecule has 1 aliphatic heterocycles. The monoisotopic (exact) mass is 483 g/mol. The minimum Gasteiger partial charge on any atom is -0.407 e. The van der Waals surface area contributed by atoms with Crippen molar-refractivity contribution < 1.29 is 54.6 Å². The Balaban J connectivity index is 0.00000187. The van der Waals surface area contributed by atoms with Crippen molar-refractivity contribution in [2.75, 3.05) is 7.11 Å². The van der Waals surface area contributed by atoms with Crippen molar-refractivity contribution in [3.8, 4) is 0 Å². The molecular weight excluding hydrogens is 470 g/mol. The number of alkyl halides is 2. The van der Waals surface area contributed by atoms with Crippen LogP contribution in [0, 0.1) is 41.8 Å². The van der Waals surface area contributed by atoms with E-state index in [1.165, 1.54) is 0 Å². The van der Waals surface area contributed by atoms with Crippen LogP contribution < -0.4 is 0 Å². The predicted molar refractivity (Wildman–Crippen MR) is 95.8 cm³/mol. The average molecular weight is 483 g/mol. The molecule has 0 saturated heterocycles. The maximum Gasteiger partial charge on any atom is 0.315 e. The second-order valence-corrected chi connectivity index (χ2v) is 6.40. The molecule has 178 valence electrons. The molecule has 1 N–H and O–H groups in total. The Morgan fingerprint density at radius 1 is 1.00 bits per heavy atom. The molecule has 1 atom stereocenters. The van der Waals surface area contributed by atoms with Crippen LogP contribution in [0.15, 0.2) is 17.1 Å². The summed E-state index contributed by atoms with van der Waals surface area (Å²) in [6.07, 6.45) is -4.35. The maximum absolute atomic E-state index is 14.3. The van der Waals surface area contributed by atoms with Gasteiger partial charge in [0, 0.05) is 18.2 Å². The Morgan fingerprint density at radius 2 is 1.55 bits per heavy atom. The summed E-state index contributed by atoms with van der Waals surface area (Å²) >= 11 is 0. The number of hydrogen-bond donors (Lipinski definition) is 1. The van der Waals surface area contributed by atoms with Crippen LogP contribution in [0.4, 0.5) is 35.1 Å². The zero-order valence-electron chi connectivity index (χ0n) is 16.7. The number of esters is 1. The number of Topliss-reactive ketones (excluding diaryl/α,β-unsaturated/α-hetero) is 1. The van der Waals surface area contributed by atoms with Gasteiger partial charge in [0.05, 0.1) is 12.0 Å². The summed E-state index contributed by atoms with van der Waals surface area (Å²) in [6.45, 7) is 0.765. The van der Waals surface area contributed by atoms with Crippen LogP contribution >= 0.6 is 0 Å². The van der Waals surface area contributed by atoms with Crippen molar-refractivity contribution in [2.24, 2.45) is 4.99 Å². The molecule has 2 aromatic rings. The summed E-state index contributed by atoms with van der Waals surface area (Å²) in [5, 5.41) is 7.00. The zero-order valence-corrected chi connectivity index (χ0v) is 16.7. The third-order valence-electron chi connectivity index (χ3n) is 4.42. The number of ether oxygens (including phenoxy) is 1. The molecule has 0 radical (unpaired) electrons. The highest BCUT2D eigenvalue weighted by molar-refractivity contribution is 6.09. The van der Waals surface area contributed by atoms with Gasteiger partial charge in [0.1, 0.15) is 29.1 Å². The van der Waals surface area contributed by atoms with Crippen LogP contribution in [0.5, 0.6) is 0 Å². The van der Waals surface area contributed by atoms with Gasteiger partial charge in [-0.1, -0.05) is 0 Å². The summed E-state index contributed by atoms with van der Waals surface area (Å²) < 4.78 is 113. The molecule has 0 aromatic heterocycles. The molecule has 1 aliphatic rings. The van der Waals surface area contributed by atoms with Crippen LogP contribution in [-0.2, 0) is 9.53 Å². The average Bonchev–Trinajstić information content (AvgIpc) is 2.76. The molecule has 0 aliphatic carbocycles. The SMILES string of the molecule is CO.Cc1c(F)c(F)c(F)c(C2=NC(C(=O)c3cc(F)c(C(F)F)c(F)c3)CC(=O)O2)c1F. The lowest BCUT2D eigenvalue weighted by molar-refractivity contribution is -0.136. The molecule has 33 heavy (non-hydrogen) atoms. The summed E-state index contributed by atoms with van der Waals surface area (Å²) in [5.74, 6) is -14.9. The first-order valence-corrected chi connectivity index (χ1v) is 8.81. The highest BCUT2D eigenvalue weighted by Gasteiger charge is 2.35. The number of carbonyl (C=O) groups excluding carboxylic acids is 2. The number of cyclic esters (lactones) is 1. The molecule has 0 saturated carbocycles. The quantitative estimate of drug-likeness (QED) is 0.231. The second-order valence-electron chi connectivity index (χ2n) is 6.40. The lowest BCUT2D eigenvalue weighted by Crippen LogP contribution is -2.33. The smallest absolute Gasteiger partial charge is 0.315 e. The molecular formula is C20H13F8NO4. The van der Waals surface area contributed by atoms with Gasteiger partial charge in [-0.2, -0.15) is 0 Å². The summed E-state index contributed by atoms with van der Waals surface area (Å²) in [6, 6.07) is -1.27. The van der Waals surface area contributed by atoms with Gasteiger partial charge in [-0.05, 0) is 19.1 Å². The number of carbonyl (C=O) groups is 2. The summed E-state index contributed by atoms with van der Waals surface area (Å²) in [7, 11) is 1.00. The normalized spacial score (nSPS) is 15.6. The van der Waals surface area contributed by atoms with Gasteiger partial charge >= 0.3 is 5.97 Å². The van der Waals surface area contributed by atoms with Crippen molar-refractivity contribution >= 4 is 17.7 Å². The van der Waals surface area contributed by atoms with Gasteiger partial charge in [0.25, 0.3) is 6.43 Å². The highest BCUT2D eigenvalue weighted by atomic mass is 19.3. The van der Waals surface area contributed by atoms with E-state index in [2.05, 4.69) is 9.73 Å². The fraction of sp³-hybridized carbons (Fsp3) is 0.250. The Bertz CT molecular complexity index is 1100. The van der Waals surface area contributed by atoms with Gasteiger partial charge < -0.3 is 9.84 Å². The van der Waals surface area contributed by atoms with E-state index < -0.39 is 93.7 Å². The third-order valence-corrected chi connectivity index (χ3v) is 4.42. The van der Waals surface area contributed by atoms with Crippen LogP contribution in [0.25, 0.3) is 0 Å². The molecule has 3 rings (SSSR count). The predicted octanol–water partition coefficient (Wildman–Crippen LogP) is 4.32. The van der Waals surface area contributed by atoms with Crippen molar-refractivity contribution in [3.63, 3.8) is 0 Å². The first-order valence-electron chi connectivity index (χ1n) is 8.81. The molecule has 1 unspecified atom stereocenters. The van der Waals surface area contributed by atoms with Crippen LogP contribution in [0.3, 0.4) is 0 Å². The number of benzene rings is 2. The van der Waals surface area contributed by atoms with Crippen molar-refractivity contribution in [1.29, 1.82) is 0 Å². The van der Waals surface area contributed by atoms with Gasteiger partial charge in [-0.3, -0.25) is 9.59 Å². The van der Waals surface area contributed by atoms with Crippen molar-refractivity contribution in [1.82, 2.24) is 0 Å². The number of rotatable bonds is 4. The molecule has 0 spiro atoms. The fourth-order valence-electron chi connectivity index (χ4n) is 2.85. The number of hydrogen-bond acceptors (Lipinski definition) is 5. The number of aliphatic imine (C=N–C) groups is 1. The summed E-state index contributed by atoms with van der Waals surface area (Å²) in [4.78, 5) is 27.8. The largest absolute Gasteiger partial charge is 0.407 e. The number of aliphatic hydroxyl groups excluding tert-OH is 1. The van der Waals surface area contributed by atoms with E-state index in [9.17, 15) is 44.7 Å². The lowest BCUT2D eigenvalue weighted by atomic mass is 9.99. The second kappa shape index (κ2) is 10.1. The molecule has 13 heteroatoms. The van der Waals surface area contributed by atoms with E-state index in [1.807, 2.05) is 0 Å². The van der Waals surface area contributed by atoms with Crippen LogP contribution in [0.2, 0.25) is 0 Å². The first kappa shape index (κ1) is 25.9. The van der Waals surface area contributed by atoms with Gasteiger partial charge in [0.2, 0.25) is 5.90 Å². The Morgan fingerprint density at radius 3 is 2.06 bits per heavy atom. The first-order chi connectivity index (χ1) is 15.4. The van der Waals surface area contributed by atoms with E-state index in [4.69, 9.17) is 5.11 Å². The topological polar surface area (TPSA) is 76.0 Å². The molecule has 2 aromatic carbocycles. The minimum absolute atomic E-state index is 0.283. The standard InChI is InChI=1S/C19H9F8NO3.CH4O/c1-5-13(22)12(15(24)16(25)14(5)23)19-28-9(4-10(29)31-19)17(30)6-2-7(20)11(18(26)27)8(21)3-6;1-2/h2-3,9,18H,4H2,1H3;2H,1H3. The van der Waals surface area contributed by atoms with Gasteiger partial charge in [-0.25, -0.2) is 40.1 Å². The maximum atomic E-state index is 14.3. The fourth-order valence-corrected chi connectivity index (χ4v) is 2.85. The van der Waals surface area contributed by atoms with Crippen molar-refractivity contribution in [3.05, 3.63) is 69.3 Å². The number of aliphatic hydroxyl groups is 1. The Labute approximate surface area is 180 Å². The third kappa shape index (κ3) is 4.87. The Hall–Kier alpha value is -3.35.